The molecule has 1 amide bonds. The highest BCUT2D eigenvalue weighted by Gasteiger charge is 2.22. The first-order valence-corrected chi connectivity index (χ1v) is 10.1. The summed E-state index contributed by atoms with van der Waals surface area (Å²) >= 11 is 0. The molecule has 4 aromatic rings. The Morgan fingerprint density at radius 3 is 2.81 bits per heavy atom. The second kappa shape index (κ2) is 8.14. The number of fused-ring (bicyclic) bond motifs is 2. The van der Waals surface area contributed by atoms with Crippen LogP contribution in [-0.2, 0) is 11.3 Å². The molecular weight excluding hydrogens is 395 g/mol. The summed E-state index contributed by atoms with van der Waals surface area (Å²) < 4.78 is 24.7. The normalized spacial score (nSPS) is 13.3. The number of halogens is 1. The average molecular weight is 416 g/mol. The Kier molecular flexibility index (Phi) is 5.04. The Morgan fingerprint density at radius 2 is 1.90 bits per heavy atom. The fourth-order valence-electron chi connectivity index (χ4n) is 4.02. The van der Waals surface area contributed by atoms with E-state index in [1.165, 1.54) is 12.1 Å². The molecule has 0 spiro atoms. The van der Waals surface area contributed by atoms with Crippen molar-refractivity contribution < 1.29 is 18.7 Å². The van der Waals surface area contributed by atoms with E-state index in [2.05, 4.69) is 10.3 Å². The molecule has 156 valence electrons. The van der Waals surface area contributed by atoms with Gasteiger partial charge < -0.3 is 19.8 Å². The van der Waals surface area contributed by atoms with Crippen LogP contribution >= 0.6 is 0 Å². The minimum atomic E-state index is -0.317. The first-order valence-electron chi connectivity index (χ1n) is 10.1. The van der Waals surface area contributed by atoms with Gasteiger partial charge in [0.15, 0.2) is 11.5 Å². The topological polar surface area (TPSA) is 63.4 Å². The van der Waals surface area contributed by atoms with Gasteiger partial charge in [-0.1, -0.05) is 36.4 Å². The molecule has 0 radical (unpaired) electrons. The number of aromatic nitrogens is 1. The lowest BCUT2D eigenvalue weighted by Crippen LogP contribution is -2.25. The molecule has 5 rings (SSSR count). The van der Waals surface area contributed by atoms with Crippen molar-refractivity contribution in [2.45, 2.75) is 18.9 Å². The zero-order valence-electron chi connectivity index (χ0n) is 16.7. The number of nitrogens with one attached hydrogen (secondary N) is 2. The summed E-state index contributed by atoms with van der Waals surface area (Å²) in [7, 11) is 0. The lowest BCUT2D eigenvalue weighted by Gasteiger charge is -2.17. The molecule has 0 saturated carbocycles. The van der Waals surface area contributed by atoms with Gasteiger partial charge in [0.25, 0.3) is 0 Å². The van der Waals surface area contributed by atoms with Crippen molar-refractivity contribution >= 4 is 16.8 Å². The van der Waals surface area contributed by atoms with Crippen LogP contribution < -0.4 is 14.8 Å². The average Bonchev–Trinajstić information content (AvgIpc) is 3.42. The molecule has 0 aliphatic carbocycles. The van der Waals surface area contributed by atoms with E-state index in [1.54, 1.807) is 6.07 Å². The van der Waals surface area contributed by atoms with Crippen molar-refractivity contribution in [3.05, 3.63) is 95.4 Å². The number of benzene rings is 3. The number of aromatic amines is 1. The van der Waals surface area contributed by atoms with Gasteiger partial charge in [-0.3, -0.25) is 4.79 Å². The van der Waals surface area contributed by atoms with Crippen LogP contribution in [0.2, 0.25) is 0 Å². The minimum Gasteiger partial charge on any atom is -0.454 e. The first-order chi connectivity index (χ1) is 15.2. The van der Waals surface area contributed by atoms with Gasteiger partial charge in [0, 0.05) is 36.0 Å². The number of H-pyrrole nitrogens is 1. The van der Waals surface area contributed by atoms with E-state index in [0.29, 0.717) is 18.0 Å². The smallest absolute Gasteiger partial charge is 0.231 e. The highest BCUT2D eigenvalue weighted by atomic mass is 19.1. The van der Waals surface area contributed by atoms with Gasteiger partial charge in [-0.05, 0) is 47.0 Å². The molecule has 31 heavy (non-hydrogen) atoms. The van der Waals surface area contributed by atoms with Gasteiger partial charge >= 0.3 is 0 Å². The van der Waals surface area contributed by atoms with E-state index in [-0.39, 0.29) is 30.9 Å². The highest BCUT2D eigenvalue weighted by Crippen LogP contribution is 2.34. The summed E-state index contributed by atoms with van der Waals surface area (Å²) in [5, 5.41) is 4.00. The Hall–Kier alpha value is -3.80. The molecule has 3 aromatic carbocycles. The SMILES string of the molecule is O=C(C[C@@H](c1cccc(F)c1)c1c[nH]c2ccccc12)NCc1ccc2c(c1)OCO2. The van der Waals surface area contributed by atoms with Crippen molar-refractivity contribution in [3.8, 4) is 11.5 Å². The predicted molar refractivity (Wildman–Crippen MR) is 116 cm³/mol. The predicted octanol–water partition coefficient (Wildman–Crippen LogP) is 4.87. The highest BCUT2D eigenvalue weighted by molar-refractivity contribution is 5.86. The maximum absolute atomic E-state index is 14.0. The van der Waals surface area contributed by atoms with Crippen molar-refractivity contribution in [3.63, 3.8) is 0 Å². The van der Waals surface area contributed by atoms with Crippen LogP contribution in [0.25, 0.3) is 10.9 Å². The monoisotopic (exact) mass is 416 g/mol. The molecule has 1 aromatic heterocycles. The standard InChI is InChI=1S/C25H21FN2O3/c26-18-5-3-4-17(11-18)20(21-14-27-22-7-2-1-6-19(21)22)12-25(29)28-13-16-8-9-23-24(10-16)31-15-30-23/h1-11,14,20,27H,12-13,15H2,(H,28,29)/t20-/m0/s1. The summed E-state index contributed by atoms with van der Waals surface area (Å²) in [6, 6.07) is 20.0. The summed E-state index contributed by atoms with van der Waals surface area (Å²) in [6.07, 6.45) is 2.11. The fourth-order valence-corrected chi connectivity index (χ4v) is 4.02. The summed E-state index contributed by atoms with van der Waals surface area (Å²) in [5.41, 5.74) is 3.65. The number of amides is 1. The van der Waals surface area contributed by atoms with Gasteiger partial charge in [-0.2, -0.15) is 0 Å². The molecule has 5 nitrogen and oxygen atoms in total. The van der Waals surface area contributed by atoms with Crippen molar-refractivity contribution in [1.29, 1.82) is 0 Å². The third-order valence-corrected chi connectivity index (χ3v) is 5.56. The summed E-state index contributed by atoms with van der Waals surface area (Å²) in [4.78, 5) is 16.1. The molecular formula is C25H21FN2O3. The van der Waals surface area contributed by atoms with Crippen LogP contribution in [0.3, 0.4) is 0 Å². The van der Waals surface area contributed by atoms with E-state index in [9.17, 15) is 9.18 Å². The third kappa shape index (κ3) is 3.97. The van der Waals surface area contributed by atoms with Crippen LogP contribution in [0.4, 0.5) is 4.39 Å². The molecule has 0 bridgehead atoms. The van der Waals surface area contributed by atoms with Gasteiger partial charge in [-0.15, -0.1) is 0 Å². The van der Waals surface area contributed by atoms with Crippen molar-refractivity contribution in [2.24, 2.45) is 0 Å². The number of rotatable bonds is 6. The molecule has 1 aliphatic heterocycles. The van der Waals surface area contributed by atoms with Gasteiger partial charge in [0.05, 0.1) is 0 Å². The molecule has 1 aliphatic rings. The van der Waals surface area contributed by atoms with E-state index in [1.807, 2.05) is 54.7 Å². The first kappa shape index (κ1) is 19.2. The second-order valence-electron chi connectivity index (χ2n) is 7.57. The van der Waals surface area contributed by atoms with Crippen molar-refractivity contribution in [2.75, 3.05) is 6.79 Å². The molecule has 2 N–H and O–H groups in total. The molecule has 1 atom stereocenters. The zero-order chi connectivity index (χ0) is 21.2. The van der Waals surface area contributed by atoms with E-state index < -0.39 is 0 Å². The maximum Gasteiger partial charge on any atom is 0.231 e. The number of ether oxygens (including phenoxy) is 2. The molecule has 2 heterocycles. The summed E-state index contributed by atoms with van der Waals surface area (Å²) in [6.45, 7) is 0.588. The molecule has 6 heteroatoms. The quantitative estimate of drug-likeness (QED) is 0.471. The molecule has 0 fully saturated rings. The molecule has 0 saturated heterocycles. The lowest BCUT2D eigenvalue weighted by molar-refractivity contribution is -0.121. The van der Waals surface area contributed by atoms with Crippen LogP contribution in [0, 0.1) is 5.82 Å². The Morgan fingerprint density at radius 1 is 1.03 bits per heavy atom. The number of carbonyl (C=O) groups excluding carboxylic acids is 1. The fraction of sp³-hybridized carbons (Fsp3) is 0.160. The number of hydrogen-bond donors (Lipinski definition) is 2. The number of para-hydroxylation sites is 1. The maximum atomic E-state index is 14.0. The van der Waals surface area contributed by atoms with Gasteiger partial charge in [0.1, 0.15) is 5.82 Å². The van der Waals surface area contributed by atoms with E-state index >= 15 is 0 Å². The third-order valence-electron chi connectivity index (χ3n) is 5.56. The van der Waals surface area contributed by atoms with Gasteiger partial charge in [-0.25, -0.2) is 4.39 Å². The van der Waals surface area contributed by atoms with E-state index in [4.69, 9.17) is 9.47 Å². The lowest BCUT2D eigenvalue weighted by atomic mass is 9.88. The zero-order valence-corrected chi connectivity index (χ0v) is 16.7. The molecule has 0 unspecified atom stereocenters. The van der Waals surface area contributed by atoms with Crippen LogP contribution in [0.5, 0.6) is 11.5 Å². The largest absolute Gasteiger partial charge is 0.454 e. The van der Waals surface area contributed by atoms with Gasteiger partial charge in [0.2, 0.25) is 12.7 Å². The minimum absolute atomic E-state index is 0.114. The van der Waals surface area contributed by atoms with Crippen LogP contribution in [-0.4, -0.2) is 17.7 Å². The van der Waals surface area contributed by atoms with Crippen LogP contribution in [0.15, 0.2) is 72.9 Å². The Bertz CT molecular complexity index is 1250. The Labute approximate surface area is 178 Å². The Balaban J connectivity index is 1.37. The second-order valence-corrected chi connectivity index (χ2v) is 7.57. The van der Waals surface area contributed by atoms with Crippen LogP contribution in [0.1, 0.15) is 29.0 Å². The number of carbonyl (C=O) groups is 1. The summed E-state index contributed by atoms with van der Waals surface area (Å²) in [5.74, 6) is 0.688. The van der Waals surface area contributed by atoms with E-state index in [0.717, 1.165) is 27.6 Å². The van der Waals surface area contributed by atoms with Crippen molar-refractivity contribution in [1.82, 2.24) is 10.3 Å². The number of hydrogen-bond acceptors (Lipinski definition) is 3.